The van der Waals surface area contributed by atoms with Gasteiger partial charge in [0.2, 0.25) is 0 Å². The van der Waals surface area contributed by atoms with Crippen LogP contribution in [0.25, 0.3) is 0 Å². The van der Waals surface area contributed by atoms with Gasteiger partial charge in [0.05, 0.1) is 6.04 Å². The first kappa shape index (κ1) is 10.4. The fourth-order valence-electron chi connectivity index (χ4n) is 1.45. The number of nitrogens with two attached hydrogens (primary N) is 1. The molecule has 1 aromatic heterocycles. The first-order chi connectivity index (χ1) is 7.25. The molecule has 4 heteroatoms. The summed E-state index contributed by atoms with van der Waals surface area (Å²) in [7, 11) is 0. The molecule has 1 atom stereocenters. The largest absolute Gasteiger partial charge is 0.347 e. The molecule has 0 radical (unpaired) electrons. The molecule has 2 aromatic rings. The van der Waals surface area contributed by atoms with Crippen LogP contribution in [0.1, 0.15) is 17.4 Å². The van der Waals surface area contributed by atoms with Gasteiger partial charge in [0.15, 0.2) is 0 Å². The van der Waals surface area contributed by atoms with Crippen LogP contribution >= 0.6 is 15.9 Å². The minimum absolute atomic E-state index is 0.0684. The zero-order chi connectivity index (χ0) is 10.7. The van der Waals surface area contributed by atoms with Gasteiger partial charge in [0, 0.05) is 16.9 Å². The van der Waals surface area contributed by atoms with Gasteiger partial charge in [-0.3, -0.25) is 0 Å². The van der Waals surface area contributed by atoms with Crippen LogP contribution in [-0.4, -0.2) is 9.97 Å². The molecule has 0 fully saturated rings. The Bertz CT molecular complexity index is 408. The summed E-state index contributed by atoms with van der Waals surface area (Å²) in [4.78, 5) is 7.16. The van der Waals surface area contributed by atoms with Crippen LogP contribution in [0, 0.1) is 0 Å². The van der Waals surface area contributed by atoms with Gasteiger partial charge in [-0.05, 0) is 24.1 Å². The standard InChI is InChI=1S/C11H12BrN3/c12-9-3-1-8(2-4-9)7-10(13)11-14-5-6-15-11/h1-6,10H,7,13H2,(H,14,15). The number of aromatic nitrogens is 2. The van der Waals surface area contributed by atoms with Crippen LogP contribution in [0.5, 0.6) is 0 Å². The number of hydrogen-bond donors (Lipinski definition) is 2. The summed E-state index contributed by atoms with van der Waals surface area (Å²) in [6.07, 6.45) is 4.30. The lowest BCUT2D eigenvalue weighted by molar-refractivity contribution is 0.677. The summed E-state index contributed by atoms with van der Waals surface area (Å²) < 4.78 is 1.08. The number of halogens is 1. The van der Waals surface area contributed by atoms with Gasteiger partial charge in [-0.15, -0.1) is 0 Å². The van der Waals surface area contributed by atoms with Crippen LogP contribution in [0.3, 0.4) is 0 Å². The zero-order valence-corrected chi connectivity index (χ0v) is 9.74. The maximum Gasteiger partial charge on any atom is 0.123 e. The molecule has 1 heterocycles. The van der Waals surface area contributed by atoms with Crippen molar-refractivity contribution in [1.82, 2.24) is 9.97 Å². The predicted molar refractivity (Wildman–Crippen MR) is 63.4 cm³/mol. The lowest BCUT2D eigenvalue weighted by Gasteiger charge is -2.08. The van der Waals surface area contributed by atoms with Crippen molar-refractivity contribution in [2.24, 2.45) is 5.73 Å². The van der Waals surface area contributed by atoms with E-state index in [0.29, 0.717) is 0 Å². The van der Waals surface area contributed by atoms with Crippen LogP contribution < -0.4 is 5.73 Å². The van der Waals surface area contributed by atoms with Crippen molar-refractivity contribution in [3.8, 4) is 0 Å². The van der Waals surface area contributed by atoms with E-state index in [2.05, 4.69) is 38.0 Å². The van der Waals surface area contributed by atoms with Crippen molar-refractivity contribution in [2.45, 2.75) is 12.5 Å². The molecule has 78 valence electrons. The molecule has 3 N–H and O–H groups in total. The highest BCUT2D eigenvalue weighted by Gasteiger charge is 2.08. The highest BCUT2D eigenvalue weighted by molar-refractivity contribution is 9.10. The molecule has 3 nitrogen and oxygen atoms in total. The summed E-state index contributed by atoms with van der Waals surface area (Å²) >= 11 is 3.40. The van der Waals surface area contributed by atoms with E-state index >= 15 is 0 Å². The number of H-pyrrole nitrogens is 1. The van der Waals surface area contributed by atoms with Crippen molar-refractivity contribution in [2.75, 3.05) is 0 Å². The maximum atomic E-state index is 6.00. The number of rotatable bonds is 3. The van der Waals surface area contributed by atoms with Crippen molar-refractivity contribution in [3.63, 3.8) is 0 Å². The van der Waals surface area contributed by atoms with E-state index in [1.165, 1.54) is 5.56 Å². The van der Waals surface area contributed by atoms with E-state index in [-0.39, 0.29) is 6.04 Å². The number of benzene rings is 1. The fourth-order valence-corrected chi connectivity index (χ4v) is 1.72. The number of nitrogens with zero attached hydrogens (tertiary/aromatic N) is 1. The average molecular weight is 266 g/mol. The highest BCUT2D eigenvalue weighted by Crippen LogP contribution is 2.15. The summed E-state index contributed by atoms with van der Waals surface area (Å²) in [6, 6.07) is 8.09. The first-order valence-corrected chi connectivity index (χ1v) is 5.54. The summed E-state index contributed by atoms with van der Waals surface area (Å²) in [5.41, 5.74) is 7.21. The van der Waals surface area contributed by atoms with Crippen LogP contribution in [0.2, 0.25) is 0 Å². The first-order valence-electron chi connectivity index (χ1n) is 4.75. The SMILES string of the molecule is NC(Cc1ccc(Br)cc1)c1ncc[nH]1. The van der Waals surface area contributed by atoms with Crippen LogP contribution in [-0.2, 0) is 6.42 Å². The quantitative estimate of drug-likeness (QED) is 0.896. The molecule has 1 unspecified atom stereocenters. The molecule has 0 aliphatic heterocycles. The maximum absolute atomic E-state index is 6.00. The second-order valence-electron chi connectivity index (χ2n) is 3.41. The molecule has 0 aliphatic rings. The van der Waals surface area contributed by atoms with Gasteiger partial charge in [-0.25, -0.2) is 4.98 Å². The third-order valence-electron chi connectivity index (χ3n) is 2.24. The summed E-state index contributed by atoms with van der Waals surface area (Å²) in [5, 5.41) is 0. The van der Waals surface area contributed by atoms with E-state index in [0.717, 1.165) is 16.7 Å². The van der Waals surface area contributed by atoms with Gasteiger partial charge in [0.25, 0.3) is 0 Å². The van der Waals surface area contributed by atoms with Gasteiger partial charge < -0.3 is 10.7 Å². The van der Waals surface area contributed by atoms with Crippen molar-refractivity contribution in [1.29, 1.82) is 0 Å². The Morgan fingerprint density at radius 3 is 2.67 bits per heavy atom. The Labute approximate surface area is 96.9 Å². The van der Waals surface area contributed by atoms with Crippen molar-refractivity contribution in [3.05, 3.63) is 52.5 Å². The van der Waals surface area contributed by atoms with Gasteiger partial charge >= 0.3 is 0 Å². The normalized spacial score (nSPS) is 12.7. The highest BCUT2D eigenvalue weighted by atomic mass is 79.9. The van der Waals surface area contributed by atoms with Gasteiger partial charge in [-0.1, -0.05) is 28.1 Å². The summed E-state index contributed by atoms with van der Waals surface area (Å²) in [5.74, 6) is 0.831. The molecular weight excluding hydrogens is 254 g/mol. The number of aromatic amines is 1. The topological polar surface area (TPSA) is 54.7 Å². The number of nitrogens with one attached hydrogen (secondary N) is 1. The summed E-state index contributed by atoms with van der Waals surface area (Å²) in [6.45, 7) is 0. The van der Waals surface area contributed by atoms with Crippen LogP contribution in [0.4, 0.5) is 0 Å². The molecule has 0 aliphatic carbocycles. The van der Waals surface area contributed by atoms with Gasteiger partial charge in [0.1, 0.15) is 5.82 Å². The van der Waals surface area contributed by atoms with Crippen molar-refractivity contribution >= 4 is 15.9 Å². The Hall–Kier alpha value is -1.13. The van der Waals surface area contributed by atoms with E-state index in [4.69, 9.17) is 5.73 Å². The Balaban J connectivity index is 2.06. The van der Waals surface area contributed by atoms with E-state index in [1.54, 1.807) is 12.4 Å². The molecule has 0 saturated carbocycles. The third-order valence-corrected chi connectivity index (χ3v) is 2.77. The molecule has 0 spiro atoms. The second kappa shape index (κ2) is 4.59. The Morgan fingerprint density at radius 1 is 1.33 bits per heavy atom. The van der Waals surface area contributed by atoms with E-state index in [1.807, 2.05) is 12.1 Å². The number of hydrogen-bond acceptors (Lipinski definition) is 2. The molecule has 0 bridgehead atoms. The fraction of sp³-hybridized carbons (Fsp3) is 0.182. The molecule has 0 saturated heterocycles. The zero-order valence-electron chi connectivity index (χ0n) is 8.15. The van der Waals surface area contributed by atoms with E-state index in [9.17, 15) is 0 Å². The Morgan fingerprint density at radius 2 is 2.07 bits per heavy atom. The monoisotopic (exact) mass is 265 g/mol. The smallest absolute Gasteiger partial charge is 0.123 e. The average Bonchev–Trinajstić information content (AvgIpc) is 2.74. The molecule has 0 amide bonds. The molecule has 1 aromatic carbocycles. The Kier molecular flexibility index (Phi) is 3.18. The lowest BCUT2D eigenvalue weighted by Crippen LogP contribution is -2.14. The van der Waals surface area contributed by atoms with E-state index < -0.39 is 0 Å². The van der Waals surface area contributed by atoms with Crippen LogP contribution in [0.15, 0.2) is 41.1 Å². The van der Waals surface area contributed by atoms with Gasteiger partial charge in [-0.2, -0.15) is 0 Å². The predicted octanol–water partition coefficient (Wildman–Crippen LogP) is 2.41. The lowest BCUT2D eigenvalue weighted by atomic mass is 10.1. The minimum Gasteiger partial charge on any atom is -0.347 e. The molecule has 15 heavy (non-hydrogen) atoms. The molecule has 2 rings (SSSR count). The second-order valence-corrected chi connectivity index (χ2v) is 4.33. The van der Waals surface area contributed by atoms with Crippen molar-refractivity contribution < 1.29 is 0 Å². The minimum atomic E-state index is -0.0684. The third kappa shape index (κ3) is 2.67. The molecular formula is C11H12BrN3. The number of imidazole rings is 1.